The molecule has 0 fully saturated rings. The second-order valence-electron chi connectivity index (χ2n) is 8.48. The van der Waals surface area contributed by atoms with Gasteiger partial charge in [0.05, 0.1) is 0 Å². The van der Waals surface area contributed by atoms with Crippen molar-refractivity contribution in [3.05, 3.63) is 59.2 Å². The van der Waals surface area contributed by atoms with Crippen LogP contribution in [-0.2, 0) is 11.8 Å². The van der Waals surface area contributed by atoms with Gasteiger partial charge in [0.15, 0.2) is 0 Å². The van der Waals surface area contributed by atoms with Gasteiger partial charge in [0.25, 0.3) is 0 Å². The van der Waals surface area contributed by atoms with E-state index in [1.165, 1.54) is 80.9 Å². The third-order valence-corrected chi connectivity index (χ3v) is 6.65. The van der Waals surface area contributed by atoms with E-state index in [-0.39, 0.29) is 5.41 Å². The first-order valence-corrected chi connectivity index (χ1v) is 11.5. The van der Waals surface area contributed by atoms with Crippen molar-refractivity contribution < 1.29 is 0 Å². The molecule has 0 spiro atoms. The summed E-state index contributed by atoms with van der Waals surface area (Å²) < 4.78 is 0. The van der Waals surface area contributed by atoms with Gasteiger partial charge >= 0.3 is 0 Å². The summed E-state index contributed by atoms with van der Waals surface area (Å²) in [6.45, 7) is 6.91. The minimum absolute atomic E-state index is 0.249. The zero-order valence-corrected chi connectivity index (χ0v) is 17.8. The maximum atomic E-state index is 2.55. The number of unbranched alkanes of at least 4 members (excludes halogenated alkanes) is 6. The molecule has 0 atom stereocenters. The Bertz CT molecular complexity index is 713. The van der Waals surface area contributed by atoms with Crippen molar-refractivity contribution in [1.29, 1.82) is 0 Å². The molecular weight excluding hydrogens is 324 g/mol. The summed E-state index contributed by atoms with van der Waals surface area (Å²) >= 11 is 0. The fraction of sp³-hybridized carbons (Fsp3) is 0.556. The number of hydrogen-bond donors (Lipinski definition) is 0. The Morgan fingerprint density at radius 3 is 1.89 bits per heavy atom. The van der Waals surface area contributed by atoms with Crippen molar-refractivity contribution in [1.82, 2.24) is 0 Å². The summed E-state index contributed by atoms with van der Waals surface area (Å²) in [5, 5.41) is 0. The summed E-state index contributed by atoms with van der Waals surface area (Å²) in [6.07, 6.45) is 14.6. The van der Waals surface area contributed by atoms with Crippen molar-refractivity contribution in [2.75, 3.05) is 0 Å². The molecule has 0 unspecified atom stereocenters. The number of benzene rings is 2. The molecular formula is C27H38. The molecule has 0 radical (unpaired) electrons. The van der Waals surface area contributed by atoms with Crippen molar-refractivity contribution >= 4 is 0 Å². The molecule has 0 amide bonds. The molecule has 1 aliphatic rings. The zero-order valence-electron chi connectivity index (χ0n) is 17.8. The lowest BCUT2D eigenvalue weighted by Crippen LogP contribution is -2.25. The van der Waals surface area contributed by atoms with Crippen molar-refractivity contribution in [2.24, 2.45) is 0 Å². The molecule has 0 bridgehead atoms. The zero-order chi connectivity index (χ0) is 19.1. The molecule has 0 nitrogen and oxygen atoms in total. The Kier molecular flexibility index (Phi) is 7.16. The van der Waals surface area contributed by atoms with Crippen LogP contribution in [0.3, 0.4) is 0 Å². The Hall–Kier alpha value is -1.56. The number of rotatable bonds is 11. The molecule has 0 aromatic heterocycles. The molecule has 3 rings (SSSR count). The van der Waals surface area contributed by atoms with Crippen LogP contribution in [0.2, 0.25) is 0 Å². The van der Waals surface area contributed by atoms with Crippen molar-refractivity contribution in [3.63, 3.8) is 0 Å². The van der Waals surface area contributed by atoms with E-state index in [1.807, 2.05) is 0 Å². The van der Waals surface area contributed by atoms with Crippen LogP contribution in [0.4, 0.5) is 0 Å². The molecule has 0 saturated carbocycles. The molecule has 0 heterocycles. The van der Waals surface area contributed by atoms with Crippen LogP contribution in [0.15, 0.2) is 42.5 Å². The molecule has 0 heteroatoms. The van der Waals surface area contributed by atoms with E-state index >= 15 is 0 Å². The van der Waals surface area contributed by atoms with E-state index in [1.54, 1.807) is 11.1 Å². The molecule has 0 saturated heterocycles. The smallest absolute Gasteiger partial charge is 0.0215 e. The van der Waals surface area contributed by atoms with Crippen LogP contribution in [0.25, 0.3) is 11.1 Å². The molecule has 1 aliphatic carbocycles. The van der Waals surface area contributed by atoms with Crippen LogP contribution >= 0.6 is 0 Å². The Morgan fingerprint density at radius 1 is 0.630 bits per heavy atom. The summed E-state index contributed by atoms with van der Waals surface area (Å²) in [7, 11) is 0. The second kappa shape index (κ2) is 9.58. The second-order valence-corrected chi connectivity index (χ2v) is 8.48. The fourth-order valence-electron chi connectivity index (χ4n) is 5.09. The van der Waals surface area contributed by atoms with Crippen LogP contribution < -0.4 is 0 Å². The molecule has 0 N–H and O–H groups in total. The van der Waals surface area contributed by atoms with Crippen molar-refractivity contribution in [2.45, 2.75) is 96.8 Å². The first-order valence-electron chi connectivity index (χ1n) is 11.5. The minimum Gasteiger partial charge on any atom is -0.0654 e. The van der Waals surface area contributed by atoms with Crippen LogP contribution in [-0.4, -0.2) is 0 Å². The van der Waals surface area contributed by atoms with E-state index < -0.39 is 0 Å². The largest absolute Gasteiger partial charge is 0.0654 e. The SMILES string of the molecule is CCCCCCC1(CCCCCC)c2ccccc2-c2ccc(CC)cc21. The van der Waals surface area contributed by atoms with E-state index in [0.29, 0.717) is 0 Å². The number of hydrogen-bond acceptors (Lipinski definition) is 0. The summed E-state index contributed by atoms with van der Waals surface area (Å²) in [4.78, 5) is 0. The predicted octanol–water partition coefficient (Wildman–Crippen LogP) is 8.46. The highest BCUT2D eigenvalue weighted by Crippen LogP contribution is 2.54. The van der Waals surface area contributed by atoms with Gasteiger partial charge in [-0.15, -0.1) is 0 Å². The molecule has 2 aromatic carbocycles. The molecule has 146 valence electrons. The first kappa shape index (κ1) is 20.2. The van der Waals surface area contributed by atoms with Gasteiger partial charge in [0, 0.05) is 5.41 Å². The Labute approximate surface area is 167 Å². The van der Waals surface area contributed by atoms with Gasteiger partial charge in [-0.2, -0.15) is 0 Å². The Balaban J connectivity index is 2.00. The summed E-state index contributed by atoms with van der Waals surface area (Å²) in [5.74, 6) is 0. The molecule has 0 aliphatic heterocycles. The lowest BCUT2D eigenvalue weighted by Gasteiger charge is -2.33. The third kappa shape index (κ3) is 4.15. The van der Waals surface area contributed by atoms with Gasteiger partial charge in [-0.05, 0) is 47.1 Å². The van der Waals surface area contributed by atoms with Gasteiger partial charge in [-0.1, -0.05) is 115 Å². The van der Waals surface area contributed by atoms with Crippen LogP contribution in [0, 0.1) is 0 Å². The van der Waals surface area contributed by atoms with E-state index in [0.717, 1.165) is 6.42 Å². The highest BCUT2D eigenvalue weighted by molar-refractivity contribution is 5.81. The molecule has 2 aromatic rings. The monoisotopic (exact) mass is 362 g/mol. The normalized spacial score (nSPS) is 14.2. The predicted molar refractivity (Wildman–Crippen MR) is 120 cm³/mol. The maximum absolute atomic E-state index is 2.55. The fourth-order valence-corrected chi connectivity index (χ4v) is 5.09. The number of aryl methyl sites for hydroxylation is 1. The lowest BCUT2D eigenvalue weighted by atomic mass is 9.70. The topological polar surface area (TPSA) is 0 Å². The number of fused-ring (bicyclic) bond motifs is 3. The standard InChI is InChI=1S/C27H38/c1-4-7-9-13-19-27(20-14-10-8-5-2)25-16-12-11-15-23(25)24-18-17-22(6-3)21-26(24)27/h11-12,15-18,21H,4-10,13-14,19-20H2,1-3H3. The maximum Gasteiger partial charge on any atom is 0.0215 e. The average Bonchev–Trinajstić information content (AvgIpc) is 2.98. The molecule has 27 heavy (non-hydrogen) atoms. The first-order chi connectivity index (χ1) is 13.3. The average molecular weight is 363 g/mol. The summed E-state index contributed by atoms with van der Waals surface area (Å²) in [6, 6.07) is 16.6. The van der Waals surface area contributed by atoms with Crippen molar-refractivity contribution in [3.8, 4) is 11.1 Å². The van der Waals surface area contributed by atoms with Gasteiger partial charge < -0.3 is 0 Å². The van der Waals surface area contributed by atoms with Crippen LogP contribution in [0.5, 0.6) is 0 Å². The van der Waals surface area contributed by atoms with Gasteiger partial charge in [-0.3, -0.25) is 0 Å². The van der Waals surface area contributed by atoms with Crippen LogP contribution in [0.1, 0.15) is 102 Å². The highest BCUT2D eigenvalue weighted by Gasteiger charge is 2.41. The van der Waals surface area contributed by atoms with Gasteiger partial charge in [-0.25, -0.2) is 0 Å². The summed E-state index contributed by atoms with van der Waals surface area (Å²) in [5.41, 5.74) is 8.00. The lowest BCUT2D eigenvalue weighted by molar-refractivity contribution is 0.401. The van der Waals surface area contributed by atoms with E-state index in [4.69, 9.17) is 0 Å². The quantitative estimate of drug-likeness (QED) is 0.352. The van der Waals surface area contributed by atoms with Gasteiger partial charge in [0.2, 0.25) is 0 Å². The van der Waals surface area contributed by atoms with Gasteiger partial charge in [0.1, 0.15) is 0 Å². The third-order valence-electron chi connectivity index (χ3n) is 6.65. The highest BCUT2D eigenvalue weighted by atomic mass is 14.4. The van der Waals surface area contributed by atoms with E-state index in [9.17, 15) is 0 Å². The Morgan fingerprint density at radius 2 is 1.26 bits per heavy atom. The minimum atomic E-state index is 0.249. The van der Waals surface area contributed by atoms with E-state index in [2.05, 4.69) is 63.2 Å².